The number of rotatable bonds is 4. The molecule has 0 aliphatic carbocycles. The van der Waals surface area contributed by atoms with Gasteiger partial charge in [0.2, 0.25) is 0 Å². The predicted molar refractivity (Wildman–Crippen MR) is 102 cm³/mol. The Hall–Kier alpha value is -1.49. The number of fused-ring (bicyclic) bond motifs is 3. The van der Waals surface area contributed by atoms with Gasteiger partial charge in [-0.25, -0.2) is 0 Å². The molecule has 1 amide bonds. The van der Waals surface area contributed by atoms with Crippen LogP contribution in [0.2, 0.25) is 5.02 Å². The Balaban J connectivity index is 1.38. The topological polar surface area (TPSA) is 32.3 Å². The lowest BCUT2D eigenvalue weighted by Crippen LogP contribution is -2.57. The molecule has 3 aliphatic rings. The lowest BCUT2D eigenvalue weighted by Gasteiger charge is -2.44. The van der Waals surface area contributed by atoms with Crippen LogP contribution in [0.3, 0.4) is 0 Å². The Morgan fingerprint density at radius 3 is 2.16 bits per heavy atom. The SMILES string of the molecule is O=C(NC1CN2CCC1CC2)c1ccc(Sc2ccc(Cl)cc2)cc1. The van der Waals surface area contributed by atoms with Crippen LogP contribution in [0.25, 0.3) is 0 Å². The van der Waals surface area contributed by atoms with Gasteiger partial charge in [0, 0.05) is 33.0 Å². The molecular weight excluding hydrogens is 352 g/mol. The van der Waals surface area contributed by atoms with Gasteiger partial charge in [0.15, 0.2) is 0 Å². The molecule has 0 radical (unpaired) electrons. The maximum atomic E-state index is 12.5. The zero-order chi connectivity index (χ0) is 17.2. The van der Waals surface area contributed by atoms with Crippen LogP contribution in [-0.4, -0.2) is 36.5 Å². The van der Waals surface area contributed by atoms with Gasteiger partial charge >= 0.3 is 0 Å². The van der Waals surface area contributed by atoms with Crippen molar-refractivity contribution in [1.29, 1.82) is 0 Å². The van der Waals surface area contributed by atoms with Crippen LogP contribution >= 0.6 is 23.4 Å². The van der Waals surface area contributed by atoms with Crippen molar-refractivity contribution in [3.05, 3.63) is 59.1 Å². The highest BCUT2D eigenvalue weighted by molar-refractivity contribution is 7.99. The van der Waals surface area contributed by atoms with Gasteiger partial charge in [-0.3, -0.25) is 4.79 Å². The molecule has 3 fully saturated rings. The zero-order valence-corrected chi connectivity index (χ0v) is 15.5. The van der Waals surface area contributed by atoms with Gasteiger partial charge in [-0.1, -0.05) is 23.4 Å². The average molecular weight is 373 g/mol. The summed E-state index contributed by atoms with van der Waals surface area (Å²) in [6.45, 7) is 3.38. The molecule has 25 heavy (non-hydrogen) atoms. The second-order valence-corrected chi connectivity index (χ2v) is 8.38. The van der Waals surface area contributed by atoms with Crippen LogP contribution in [0, 0.1) is 5.92 Å². The van der Waals surface area contributed by atoms with Gasteiger partial charge < -0.3 is 10.2 Å². The molecule has 1 atom stereocenters. The molecule has 5 rings (SSSR count). The van der Waals surface area contributed by atoms with Crippen molar-refractivity contribution in [2.24, 2.45) is 5.92 Å². The highest BCUT2D eigenvalue weighted by atomic mass is 35.5. The third kappa shape index (κ3) is 4.02. The van der Waals surface area contributed by atoms with E-state index in [-0.39, 0.29) is 5.91 Å². The number of benzene rings is 2. The fraction of sp³-hybridized carbons (Fsp3) is 0.350. The fourth-order valence-corrected chi connectivity index (χ4v) is 4.64. The molecule has 2 aromatic carbocycles. The molecule has 3 saturated heterocycles. The number of halogens is 1. The molecule has 2 bridgehead atoms. The number of hydrogen-bond donors (Lipinski definition) is 1. The summed E-state index contributed by atoms with van der Waals surface area (Å²) in [4.78, 5) is 17.2. The van der Waals surface area contributed by atoms with E-state index in [2.05, 4.69) is 10.2 Å². The molecule has 130 valence electrons. The third-order valence-electron chi connectivity index (χ3n) is 5.14. The minimum Gasteiger partial charge on any atom is -0.348 e. The van der Waals surface area contributed by atoms with Crippen LogP contribution in [-0.2, 0) is 0 Å². The molecule has 5 heteroatoms. The van der Waals surface area contributed by atoms with E-state index in [4.69, 9.17) is 11.6 Å². The Morgan fingerprint density at radius 2 is 1.60 bits per heavy atom. The Morgan fingerprint density at radius 1 is 1.00 bits per heavy atom. The van der Waals surface area contributed by atoms with E-state index < -0.39 is 0 Å². The lowest BCUT2D eigenvalue weighted by molar-refractivity contribution is 0.0620. The van der Waals surface area contributed by atoms with Crippen molar-refractivity contribution in [2.45, 2.75) is 28.7 Å². The molecule has 1 N–H and O–H groups in total. The van der Waals surface area contributed by atoms with Gasteiger partial charge in [-0.05, 0) is 80.4 Å². The van der Waals surface area contributed by atoms with Crippen molar-refractivity contribution in [3.8, 4) is 0 Å². The van der Waals surface area contributed by atoms with Crippen LogP contribution < -0.4 is 5.32 Å². The van der Waals surface area contributed by atoms with E-state index in [9.17, 15) is 4.79 Å². The van der Waals surface area contributed by atoms with Crippen LogP contribution in [0.5, 0.6) is 0 Å². The first-order valence-electron chi connectivity index (χ1n) is 8.74. The Kier molecular flexibility index (Phi) is 5.02. The number of carbonyl (C=O) groups excluding carboxylic acids is 1. The minimum atomic E-state index is 0.0433. The van der Waals surface area contributed by atoms with Gasteiger partial charge in [0.25, 0.3) is 5.91 Å². The summed E-state index contributed by atoms with van der Waals surface area (Å²) < 4.78 is 0. The Bertz CT molecular complexity index is 739. The first-order chi connectivity index (χ1) is 12.2. The summed E-state index contributed by atoms with van der Waals surface area (Å²) in [5.74, 6) is 0.690. The van der Waals surface area contributed by atoms with Gasteiger partial charge in [-0.2, -0.15) is 0 Å². The number of carbonyl (C=O) groups is 1. The van der Waals surface area contributed by atoms with Crippen molar-refractivity contribution in [1.82, 2.24) is 10.2 Å². The average Bonchev–Trinajstić information content (AvgIpc) is 2.65. The number of nitrogens with zero attached hydrogens (tertiary/aromatic N) is 1. The first kappa shape index (κ1) is 17.0. The van der Waals surface area contributed by atoms with E-state index >= 15 is 0 Å². The molecule has 0 saturated carbocycles. The number of piperidine rings is 3. The summed E-state index contributed by atoms with van der Waals surface area (Å²) in [6, 6.07) is 15.9. The molecule has 1 unspecified atom stereocenters. The maximum absolute atomic E-state index is 12.5. The van der Waals surface area contributed by atoms with E-state index in [1.807, 2.05) is 48.5 Å². The van der Waals surface area contributed by atoms with Crippen molar-refractivity contribution in [3.63, 3.8) is 0 Å². The minimum absolute atomic E-state index is 0.0433. The summed E-state index contributed by atoms with van der Waals surface area (Å²) in [6.07, 6.45) is 2.42. The third-order valence-corrected chi connectivity index (χ3v) is 6.41. The quantitative estimate of drug-likeness (QED) is 0.867. The smallest absolute Gasteiger partial charge is 0.251 e. The van der Waals surface area contributed by atoms with Gasteiger partial charge in [0.1, 0.15) is 0 Å². The summed E-state index contributed by atoms with van der Waals surface area (Å²) in [7, 11) is 0. The monoisotopic (exact) mass is 372 g/mol. The molecule has 0 spiro atoms. The van der Waals surface area contributed by atoms with E-state index in [0.717, 1.165) is 26.9 Å². The molecule has 0 aromatic heterocycles. The van der Waals surface area contributed by atoms with Crippen LogP contribution in [0.4, 0.5) is 0 Å². The molecule has 3 heterocycles. The number of amides is 1. The van der Waals surface area contributed by atoms with E-state index in [0.29, 0.717) is 12.0 Å². The highest BCUT2D eigenvalue weighted by Gasteiger charge is 2.34. The van der Waals surface area contributed by atoms with E-state index in [1.165, 1.54) is 25.9 Å². The molecule has 3 aliphatic heterocycles. The van der Waals surface area contributed by atoms with Crippen molar-refractivity contribution in [2.75, 3.05) is 19.6 Å². The number of nitrogens with one attached hydrogen (secondary N) is 1. The van der Waals surface area contributed by atoms with Crippen LogP contribution in [0.15, 0.2) is 58.3 Å². The summed E-state index contributed by atoms with van der Waals surface area (Å²) in [5, 5.41) is 3.98. The van der Waals surface area contributed by atoms with Crippen LogP contribution in [0.1, 0.15) is 23.2 Å². The van der Waals surface area contributed by atoms with Gasteiger partial charge in [0.05, 0.1) is 0 Å². The van der Waals surface area contributed by atoms with Crippen molar-refractivity contribution >= 4 is 29.3 Å². The first-order valence-corrected chi connectivity index (χ1v) is 9.93. The highest BCUT2D eigenvalue weighted by Crippen LogP contribution is 2.29. The largest absolute Gasteiger partial charge is 0.348 e. The number of hydrogen-bond acceptors (Lipinski definition) is 3. The standard InChI is InChI=1S/C20H21ClN2OS/c21-16-3-7-18(8-4-16)25-17-5-1-15(2-6-17)20(24)22-19-13-23-11-9-14(19)10-12-23/h1-8,14,19H,9-13H2,(H,22,24). The second kappa shape index (κ2) is 7.40. The maximum Gasteiger partial charge on any atom is 0.251 e. The zero-order valence-electron chi connectivity index (χ0n) is 14.0. The fourth-order valence-electron chi connectivity index (χ4n) is 3.69. The van der Waals surface area contributed by atoms with Gasteiger partial charge in [-0.15, -0.1) is 0 Å². The van der Waals surface area contributed by atoms with Crippen molar-refractivity contribution < 1.29 is 4.79 Å². The Labute approximate surface area is 157 Å². The second-order valence-electron chi connectivity index (χ2n) is 6.80. The lowest BCUT2D eigenvalue weighted by atomic mass is 9.84. The molecule has 2 aromatic rings. The predicted octanol–water partition coefficient (Wildman–Crippen LogP) is 4.32. The normalized spacial score (nSPS) is 24.9. The van der Waals surface area contributed by atoms with E-state index in [1.54, 1.807) is 11.8 Å². The summed E-state index contributed by atoms with van der Waals surface area (Å²) in [5.41, 5.74) is 0.733. The summed E-state index contributed by atoms with van der Waals surface area (Å²) >= 11 is 7.58. The molecular formula is C20H21ClN2OS. The molecule has 3 nitrogen and oxygen atoms in total.